The van der Waals surface area contributed by atoms with Crippen LogP contribution in [-0.4, -0.2) is 58.9 Å². The molecule has 3 aromatic rings. The molecule has 3 aromatic heterocycles. The number of nitrogens with zero attached hydrogens (tertiary/aromatic N) is 6. The number of rotatable bonds is 6. The van der Waals surface area contributed by atoms with Gasteiger partial charge in [0.05, 0.1) is 17.6 Å². The zero-order chi connectivity index (χ0) is 21.3. The Kier molecular flexibility index (Phi) is 5.60. The molecule has 0 bridgehead atoms. The summed E-state index contributed by atoms with van der Waals surface area (Å²) in [6.07, 6.45) is 1.91. The molecule has 160 valence electrons. The largest absolute Gasteiger partial charge is 0.356 e. The molecule has 4 heterocycles. The number of piperidine rings is 1. The van der Waals surface area contributed by atoms with Crippen LogP contribution >= 0.6 is 0 Å². The maximum atomic E-state index is 13.0. The zero-order valence-corrected chi connectivity index (χ0v) is 17.1. The predicted molar refractivity (Wildman–Crippen MR) is 107 cm³/mol. The van der Waals surface area contributed by atoms with Crippen LogP contribution < -0.4 is 9.62 Å². The van der Waals surface area contributed by atoms with Gasteiger partial charge in [-0.2, -0.15) is 5.10 Å². The van der Waals surface area contributed by atoms with Crippen molar-refractivity contribution < 1.29 is 17.2 Å². The fourth-order valence-corrected chi connectivity index (χ4v) is 4.70. The average molecular weight is 437 g/mol. The quantitative estimate of drug-likeness (QED) is 0.628. The van der Waals surface area contributed by atoms with E-state index >= 15 is 0 Å². The molecular formula is C18H21F2N7O2S. The first-order valence-corrected chi connectivity index (χ1v) is 11.1. The number of fused-ring (bicyclic) bond motifs is 1. The number of sulfonamides is 1. The molecule has 9 nitrogen and oxygen atoms in total. The number of aromatic nitrogens is 5. The van der Waals surface area contributed by atoms with Gasteiger partial charge in [-0.3, -0.25) is 0 Å². The van der Waals surface area contributed by atoms with Crippen molar-refractivity contribution in [2.75, 3.05) is 30.8 Å². The molecule has 1 atom stereocenters. The van der Waals surface area contributed by atoms with Gasteiger partial charge in [-0.05, 0) is 37.9 Å². The number of hydrogen-bond donors (Lipinski definition) is 1. The van der Waals surface area contributed by atoms with Crippen molar-refractivity contribution in [3.8, 4) is 11.4 Å². The average Bonchev–Trinajstić information content (AvgIpc) is 3.17. The normalized spacial score (nSPS) is 17.7. The Morgan fingerprint density at radius 1 is 1.27 bits per heavy atom. The first-order chi connectivity index (χ1) is 14.4. The van der Waals surface area contributed by atoms with E-state index in [0.717, 1.165) is 19.4 Å². The molecule has 12 heteroatoms. The maximum absolute atomic E-state index is 13.0. The monoisotopic (exact) mass is 437 g/mol. The Balaban J connectivity index is 1.62. The summed E-state index contributed by atoms with van der Waals surface area (Å²) < 4.78 is 53.6. The van der Waals surface area contributed by atoms with Gasteiger partial charge >= 0.3 is 0 Å². The molecule has 0 aromatic carbocycles. The van der Waals surface area contributed by atoms with Crippen LogP contribution in [-0.2, 0) is 10.0 Å². The minimum Gasteiger partial charge on any atom is -0.356 e. The van der Waals surface area contributed by atoms with E-state index in [-0.39, 0.29) is 17.4 Å². The lowest BCUT2D eigenvalue weighted by molar-refractivity contribution is 0.144. The summed E-state index contributed by atoms with van der Waals surface area (Å²) in [5.74, 6) is 0.693. The number of nitrogens with one attached hydrogen (secondary N) is 1. The van der Waals surface area contributed by atoms with Crippen LogP contribution in [0.1, 0.15) is 25.0 Å². The third-order valence-corrected chi connectivity index (χ3v) is 6.66. The Morgan fingerprint density at radius 3 is 2.87 bits per heavy atom. The van der Waals surface area contributed by atoms with E-state index in [2.05, 4.69) is 24.8 Å². The van der Waals surface area contributed by atoms with Crippen molar-refractivity contribution in [3.05, 3.63) is 36.4 Å². The number of anilines is 1. The molecule has 30 heavy (non-hydrogen) atoms. The van der Waals surface area contributed by atoms with E-state index in [1.807, 2.05) is 4.90 Å². The molecule has 1 aliphatic heterocycles. The standard InChI is InChI=1S/C18H21F2N7O2S/c1-21-30(28,29)10-12-3-2-6-26(9-12)17-7-14(23-11-24-17)15-8-22-16-5-4-13(18(19)20)25-27(15)16/h4-5,7-8,11-12,18,21H,2-3,6,9-10H2,1H3/t12-/m0/s1. The molecule has 0 saturated carbocycles. The van der Waals surface area contributed by atoms with Crippen LogP contribution in [0.3, 0.4) is 0 Å². The van der Waals surface area contributed by atoms with Crippen LogP contribution in [0.5, 0.6) is 0 Å². The number of imidazole rings is 1. The molecule has 1 saturated heterocycles. The van der Waals surface area contributed by atoms with Gasteiger partial charge in [0.25, 0.3) is 6.43 Å². The molecule has 0 amide bonds. The molecule has 0 aliphatic carbocycles. The summed E-state index contributed by atoms with van der Waals surface area (Å²) in [6.45, 7) is 1.30. The van der Waals surface area contributed by atoms with E-state index in [0.29, 0.717) is 29.4 Å². The summed E-state index contributed by atoms with van der Waals surface area (Å²) >= 11 is 0. The summed E-state index contributed by atoms with van der Waals surface area (Å²) in [6, 6.07) is 4.47. The fourth-order valence-electron chi connectivity index (χ4n) is 3.64. The Morgan fingerprint density at radius 2 is 2.10 bits per heavy atom. The highest BCUT2D eigenvalue weighted by Crippen LogP contribution is 2.26. The molecule has 0 spiro atoms. The predicted octanol–water partition coefficient (Wildman–Crippen LogP) is 1.89. The van der Waals surface area contributed by atoms with Gasteiger partial charge in [-0.1, -0.05) is 0 Å². The first-order valence-electron chi connectivity index (χ1n) is 9.47. The highest BCUT2D eigenvalue weighted by Gasteiger charge is 2.25. The second-order valence-electron chi connectivity index (χ2n) is 7.17. The van der Waals surface area contributed by atoms with Crippen molar-refractivity contribution in [1.82, 2.24) is 29.3 Å². The van der Waals surface area contributed by atoms with Crippen molar-refractivity contribution in [1.29, 1.82) is 0 Å². The van der Waals surface area contributed by atoms with E-state index in [1.165, 1.54) is 36.2 Å². The number of alkyl halides is 2. The topological polar surface area (TPSA) is 105 Å². The van der Waals surface area contributed by atoms with Crippen molar-refractivity contribution in [2.24, 2.45) is 5.92 Å². The lowest BCUT2D eigenvalue weighted by atomic mass is 10.00. The van der Waals surface area contributed by atoms with Gasteiger partial charge in [0, 0.05) is 19.2 Å². The minimum absolute atomic E-state index is 0.0133. The molecular weight excluding hydrogens is 416 g/mol. The highest BCUT2D eigenvalue weighted by atomic mass is 32.2. The Hall–Kier alpha value is -2.73. The second kappa shape index (κ2) is 8.19. The van der Waals surface area contributed by atoms with E-state index in [4.69, 9.17) is 0 Å². The van der Waals surface area contributed by atoms with Crippen LogP contribution in [0.25, 0.3) is 17.0 Å². The molecule has 4 rings (SSSR count). The van der Waals surface area contributed by atoms with Gasteiger partial charge in [0.15, 0.2) is 5.65 Å². The second-order valence-corrected chi connectivity index (χ2v) is 9.14. The summed E-state index contributed by atoms with van der Waals surface area (Å²) in [4.78, 5) is 14.8. The lowest BCUT2D eigenvalue weighted by Gasteiger charge is -2.33. The smallest absolute Gasteiger partial charge is 0.282 e. The van der Waals surface area contributed by atoms with Crippen molar-refractivity contribution in [3.63, 3.8) is 0 Å². The number of halogens is 2. The maximum Gasteiger partial charge on any atom is 0.282 e. The third-order valence-electron chi connectivity index (χ3n) is 5.13. The highest BCUT2D eigenvalue weighted by molar-refractivity contribution is 7.89. The van der Waals surface area contributed by atoms with E-state index in [1.54, 1.807) is 6.07 Å². The lowest BCUT2D eigenvalue weighted by Crippen LogP contribution is -2.40. The third kappa shape index (κ3) is 4.24. The molecule has 1 fully saturated rings. The van der Waals surface area contributed by atoms with Gasteiger partial charge < -0.3 is 4.90 Å². The fraction of sp³-hybridized carbons (Fsp3) is 0.444. The van der Waals surface area contributed by atoms with Gasteiger partial charge in [0.1, 0.15) is 23.5 Å². The van der Waals surface area contributed by atoms with Crippen LogP contribution in [0.2, 0.25) is 0 Å². The molecule has 0 radical (unpaired) electrons. The van der Waals surface area contributed by atoms with Crippen LogP contribution in [0, 0.1) is 5.92 Å². The van der Waals surface area contributed by atoms with Crippen LogP contribution in [0.15, 0.2) is 30.7 Å². The summed E-state index contributed by atoms with van der Waals surface area (Å²) in [7, 11) is -1.88. The van der Waals surface area contributed by atoms with Crippen molar-refractivity contribution in [2.45, 2.75) is 19.3 Å². The molecule has 1 N–H and O–H groups in total. The van der Waals surface area contributed by atoms with Crippen LogP contribution in [0.4, 0.5) is 14.6 Å². The summed E-state index contributed by atoms with van der Waals surface area (Å²) in [5, 5.41) is 3.97. The minimum atomic E-state index is -3.29. The van der Waals surface area contributed by atoms with Gasteiger partial charge in [0.2, 0.25) is 10.0 Å². The van der Waals surface area contributed by atoms with E-state index in [9.17, 15) is 17.2 Å². The molecule has 1 aliphatic rings. The SMILES string of the molecule is CNS(=O)(=O)C[C@H]1CCCN(c2cc(-c3cnc4ccc(C(F)F)nn34)ncn2)C1. The Labute approximate surface area is 172 Å². The number of hydrogen-bond acceptors (Lipinski definition) is 7. The van der Waals surface area contributed by atoms with Gasteiger partial charge in [-0.25, -0.2) is 41.4 Å². The summed E-state index contributed by atoms with van der Waals surface area (Å²) in [5.41, 5.74) is 1.06. The molecule has 0 unspecified atom stereocenters. The van der Waals surface area contributed by atoms with Gasteiger partial charge in [-0.15, -0.1) is 0 Å². The Bertz CT molecular complexity index is 1150. The zero-order valence-electron chi connectivity index (χ0n) is 16.2. The first kappa shape index (κ1) is 20.5. The van der Waals surface area contributed by atoms with E-state index < -0.39 is 16.4 Å². The van der Waals surface area contributed by atoms with Crippen molar-refractivity contribution >= 4 is 21.5 Å².